The third-order valence-electron chi connectivity index (χ3n) is 3.30. The van der Waals surface area contributed by atoms with E-state index in [-0.39, 0.29) is 23.7 Å². The molecule has 3 rings (SSSR count). The summed E-state index contributed by atoms with van der Waals surface area (Å²) in [7, 11) is 0. The number of alkyl halides is 1. The van der Waals surface area contributed by atoms with Crippen molar-refractivity contribution >= 4 is 27.9 Å². The van der Waals surface area contributed by atoms with E-state index in [1.165, 1.54) is 0 Å². The first kappa shape index (κ1) is 7.74. The largest absolute Gasteiger partial charge is 0.392 e. The first-order chi connectivity index (χ1) is 6.14. The number of halogens is 1. The standard InChI is InChI=1S/C9H7BrO3/c10-9-5-2-1-4(3-5)6(9)7(11)13-8(9)12/h1-2,4-6H,3H2/t4-,5-,6-,9+/m0/s1. The fourth-order valence-corrected chi connectivity index (χ4v) is 3.63. The monoisotopic (exact) mass is 242 g/mol. The van der Waals surface area contributed by atoms with Crippen LogP contribution in [0.4, 0.5) is 0 Å². The Kier molecular flexibility index (Phi) is 1.22. The van der Waals surface area contributed by atoms with Gasteiger partial charge in [-0.1, -0.05) is 28.1 Å². The average Bonchev–Trinajstić information content (AvgIpc) is 2.66. The van der Waals surface area contributed by atoms with E-state index in [1.54, 1.807) is 0 Å². The highest BCUT2D eigenvalue weighted by Gasteiger charge is 2.68. The van der Waals surface area contributed by atoms with Crippen LogP contribution in [0.1, 0.15) is 6.42 Å². The van der Waals surface area contributed by atoms with E-state index in [4.69, 9.17) is 0 Å². The molecule has 0 spiro atoms. The van der Waals surface area contributed by atoms with Crippen molar-refractivity contribution in [3.8, 4) is 0 Å². The second kappa shape index (κ2) is 2.05. The van der Waals surface area contributed by atoms with Crippen LogP contribution in [-0.2, 0) is 14.3 Å². The number of rotatable bonds is 0. The molecule has 0 aromatic heterocycles. The fourth-order valence-electron chi connectivity index (χ4n) is 2.69. The van der Waals surface area contributed by atoms with Crippen LogP contribution in [-0.4, -0.2) is 16.3 Å². The Hall–Kier alpha value is -0.640. The molecule has 13 heavy (non-hydrogen) atoms. The van der Waals surface area contributed by atoms with Gasteiger partial charge < -0.3 is 4.74 Å². The average molecular weight is 243 g/mol. The smallest absolute Gasteiger partial charge is 0.332 e. The van der Waals surface area contributed by atoms with Crippen molar-refractivity contribution in [1.82, 2.24) is 0 Å². The van der Waals surface area contributed by atoms with E-state index in [0.717, 1.165) is 6.42 Å². The molecule has 2 aliphatic carbocycles. The Bertz CT molecular complexity index is 349. The first-order valence-electron chi connectivity index (χ1n) is 4.27. The predicted octanol–water partition coefficient (Wildman–Crippen LogP) is 1.03. The number of fused-ring (bicyclic) bond motifs is 5. The number of cyclic esters (lactones) is 2. The highest BCUT2D eigenvalue weighted by molar-refractivity contribution is 9.10. The maximum atomic E-state index is 11.5. The van der Waals surface area contributed by atoms with Gasteiger partial charge in [-0.25, -0.2) is 4.79 Å². The predicted molar refractivity (Wildman–Crippen MR) is 47.0 cm³/mol. The maximum Gasteiger partial charge on any atom is 0.332 e. The summed E-state index contributed by atoms with van der Waals surface area (Å²) in [6, 6.07) is 0. The highest BCUT2D eigenvalue weighted by atomic mass is 79.9. The number of carbonyl (C=O) groups is 2. The van der Waals surface area contributed by atoms with E-state index in [1.807, 2.05) is 12.2 Å². The third-order valence-corrected chi connectivity index (χ3v) is 4.70. The summed E-state index contributed by atoms with van der Waals surface area (Å²) in [6.07, 6.45) is 4.93. The Labute approximate surface area is 83.3 Å². The number of hydrogen-bond acceptors (Lipinski definition) is 3. The second-order valence-electron chi connectivity index (χ2n) is 3.85. The molecule has 1 aliphatic heterocycles. The summed E-state index contributed by atoms with van der Waals surface area (Å²) >= 11 is 3.39. The molecule has 0 radical (unpaired) electrons. The quantitative estimate of drug-likeness (QED) is 0.276. The summed E-state index contributed by atoms with van der Waals surface area (Å²) < 4.78 is 3.91. The van der Waals surface area contributed by atoms with Crippen LogP contribution in [0.5, 0.6) is 0 Å². The van der Waals surface area contributed by atoms with Crippen molar-refractivity contribution < 1.29 is 14.3 Å². The van der Waals surface area contributed by atoms with Gasteiger partial charge in [0.05, 0.1) is 5.92 Å². The lowest BCUT2D eigenvalue weighted by atomic mass is 9.85. The number of carbonyl (C=O) groups excluding carboxylic acids is 2. The van der Waals surface area contributed by atoms with Crippen molar-refractivity contribution in [2.75, 3.05) is 0 Å². The molecule has 2 bridgehead atoms. The van der Waals surface area contributed by atoms with Crippen LogP contribution in [0.25, 0.3) is 0 Å². The van der Waals surface area contributed by atoms with Gasteiger partial charge in [-0.05, 0) is 12.3 Å². The Morgan fingerprint density at radius 1 is 1.46 bits per heavy atom. The topological polar surface area (TPSA) is 43.4 Å². The lowest BCUT2D eigenvalue weighted by Crippen LogP contribution is -2.38. The van der Waals surface area contributed by atoms with Gasteiger partial charge in [0.1, 0.15) is 4.32 Å². The molecule has 3 aliphatic rings. The van der Waals surface area contributed by atoms with Crippen molar-refractivity contribution in [3.05, 3.63) is 12.2 Å². The van der Waals surface area contributed by atoms with E-state index < -0.39 is 10.3 Å². The molecule has 0 aromatic carbocycles. The van der Waals surface area contributed by atoms with Gasteiger partial charge in [-0.2, -0.15) is 0 Å². The summed E-state index contributed by atoms with van der Waals surface area (Å²) in [4.78, 5) is 22.8. The molecule has 4 heteroatoms. The van der Waals surface area contributed by atoms with E-state index >= 15 is 0 Å². The summed E-state index contributed by atoms with van der Waals surface area (Å²) in [5.41, 5.74) is 0. The first-order valence-corrected chi connectivity index (χ1v) is 5.06. The molecule has 0 aromatic rings. The van der Waals surface area contributed by atoms with Gasteiger partial charge in [-0.3, -0.25) is 4.79 Å². The zero-order valence-electron chi connectivity index (χ0n) is 6.70. The summed E-state index contributed by atoms with van der Waals surface area (Å²) in [5, 5.41) is 0. The number of esters is 2. The van der Waals surface area contributed by atoms with E-state index in [9.17, 15) is 9.59 Å². The van der Waals surface area contributed by atoms with Crippen molar-refractivity contribution in [2.45, 2.75) is 10.7 Å². The summed E-state index contributed by atoms with van der Waals surface area (Å²) in [5.74, 6) is -0.710. The second-order valence-corrected chi connectivity index (χ2v) is 5.16. The van der Waals surface area contributed by atoms with Crippen LogP contribution in [0.2, 0.25) is 0 Å². The molecule has 3 nitrogen and oxygen atoms in total. The van der Waals surface area contributed by atoms with E-state index in [2.05, 4.69) is 20.7 Å². The normalized spacial score (nSPS) is 51.3. The number of ether oxygens (including phenoxy) is 1. The highest BCUT2D eigenvalue weighted by Crippen LogP contribution is 2.58. The van der Waals surface area contributed by atoms with Gasteiger partial charge in [0.15, 0.2) is 0 Å². The molecular weight excluding hydrogens is 236 g/mol. The molecular formula is C9H7BrO3. The molecule has 4 atom stereocenters. The van der Waals surface area contributed by atoms with Crippen molar-refractivity contribution in [1.29, 1.82) is 0 Å². The molecule has 0 unspecified atom stereocenters. The van der Waals surface area contributed by atoms with Crippen LogP contribution in [0.3, 0.4) is 0 Å². The molecule has 2 fully saturated rings. The maximum absolute atomic E-state index is 11.5. The van der Waals surface area contributed by atoms with Gasteiger partial charge in [0, 0.05) is 5.92 Å². The molecule has 1 heterocycles. The zero-order valence-corrected chi connectivity index (χ0v) is 8.28. The Morgan fingerprint density at radius 2 is 2.23 bits per heavy atom. The number of hydrogen-bond donors (Lipinski definition) is 0. The minimum Gasteiger partial charge on any atom is -0.392 e. The number of allylic oxidation sites excluding steroid dienone is 2. The van der Waals surface area contributed by atoms with Crippen LogP contribution in [0.15, 0.2) is 12.2 Å². The van der Waals surface area contributed by atoms with Gasteiger partial charge in [-0.15, -0.1) is 0 Å². The molecule has 1 saturated heterocycles. The summed E-state index contributed by atoms with van der Waals surface area (Å²) in [6.45, 7) is 0. The van der Waals surface area contributed by atoms with Crippen molar-refractivity contribution in [3.63, 3.8) is 0 Å². The minimum atomic E-state index is -0.733. The van der Waals surface area contributed by atoms with Gasteiger partial charge in [0.2, 0.25) is 0 Å². The van der Waals surface area contributed by atoms with Crippen LogP contribution in [0, 0.1) is 17.8 Å². The van der Waals surface area contributed by atoms with Gasteiger partial charge >= 0.3 is 11.9 Å². The zero-order chi connectivity index (χ0) is 9.22. The molecule has 1 saturated carbocycles. The van der Waals surface area contributed by atoms with E-state index in [0.29, 0.717) is 0 Å². The SMILES string of the molecule is O=C1OC(=O)[C@]2(Br)[C@H]1[C@H]1C=C[C@H]2C1. The molecule has 0 N–H and O–H groups in total. The third kappa shape index (κ3) is 0.676. The molecule has 68 valence electrons. The van der Waals surface area contributed by atoms with Crippen LogP contribution >= 0.6 is 15.9 Å². The lowest BCUT2D eigenvalue weighted by Gasteiger charge is -2.23. The van der Waals surface area contributed by atoms with Crippen molar-refractivity contribution in [2.24, 2.45) is 17.8 Å². The minimum absolute atomic E-state index is 0.140. The fraction of sp³-hybridized carbons (Fsp3) is 0.556. The van der Waals surface area contributed by atoms with Gasteiger partial charge in [0.25, 0.3) is 0 Å². The molecule has 0 amide bonds. The lowest BCUT2D eigenvalue weighted by molar-refractivity contribution is -0.154. The Balaban J connectivity index is 2.17. The van der Waals surface area contributed by atoms with Crippen LogP contribution < -0.4 is 0 Å². The Morgan fingerprint density at radius 3 is 2.92 bits per heavy atom.